The van der Waals surface area contributed by atoms with E-state index in [4.69, 9.17) is 0 Å². The van der Waals surface area contributed by atoms with Crippen molar-refractivity contribution in [1.82, 2.24) is 9.88 Å². The van der Waals surface area contributed by atoms with Gasteiger partial charge in [0, 0.05) is 17.6 Å². The average molecular weight is 357 g/mol. The van der Waals surface area contributed by atoms with Gasteiger partial charge in [0.15, 0.2) is 0 Å². The fraction of sp³-hybridized carbons (Fsp3) is 0.375. The highest BCUT2D eigenvalue weighted by Crippen LogP contribution is 2.31. The number of carbonyl (C=O) groups excluding carboxylic acids is 1. The lowest BCUT2D eigenvalue weighted by molar-refractivity contribution is -0.137. The van der Waals surface area contributed by atoms with Gasteiger partial charge in [-0.25, -0.2) is 9.78 Å². The van der Waals surface area contributed by atoms with Crippen LogP contribution >= 0.6 is 11.3 Å². The van der Waals surface area contributed by atoms with Crippen molar-refractivity contribution in [2.24, 2.45) is 0 Å². The van der Waals surface area contributed by atoms with E-state index in [-0.39, 0.29) is 11.7 Å². The Morgan fingerprint density at radius 3 is 2.54 bits per heavy atom. The maximum Gasteiger partial charge on any atom is 0.416 e. The fourth-order valence-electron chi connectivity index (χ4n) is 2.28. The van der Waals surface area contributed by atoms with Crippen molar-refractivity contribution >= 4 is 23.1 Å². The van der Waals surface area contributed by atoms with Gasteiger partial charge < -0.3 is 10.2 Å². The van der Waals surface area contributed by atoms with E-state index in [9.17, 15) is 18.0 Å². The van der Waals surface area contributed by atoms with Crippen molar-refractivity contribution in [1.29, 1.82) is 0 Å². The summed E-state index contributed by atoms with van der Waals surface area (Å²) in [4.78, 5) is 19.2. The zero-order valence-corrected chi connectivity index (χ0v) is 14.5. The van der Waals surface area contributed by atoms with Crippen LogP contribution in [0, 0.1) is 13.8 Å². The standard InChI is InChI=1S/C16H18F3N3OS/c1-9(14-10(2)24-11(3)20-14)22(4)15(23)21-13-7-5-6-12(8-13)16(17,18)19/h5-9H,1-4H3,(H,21,23). The number of aromatic nitrogens is 1. The van der Waals surface area contributed by atoms with Crippen LogP contribution in [0.25, 0.3) is 0 Å². The molecule has 0 fully saturated rings. The summed E-state index contributed by atoms with van der Waals surface area (Å²) in [6, 6.07) is 3.77. The molecule has 1 unspecified atom stereocenters. The van der Waals surface area contributed by atoms with Crippen molar-refractivity contribution in [2.45, 2.75) is 33.0 Å². The molecule has 1 atom stereocenters. The first kappa shape index (κ1) is 18.3. The van der Waals surface area contributed by atoms with Gasteiger partial charge in [0.25, 0.3) is 0 Å². The number of hydrogen-bond acceptors (Lipinski definition) is 3. The minimum atomic E-state index is -4.45. The number of aryl methyl sites for hydroxylation is 2. The summed E-state index contributed by atoms with van der Waals surface area (Å²) in [6.07, 6.45) is -4.45. The highest BCUT2D eigenvalue weighted by molar-refractivity contribution is 7.11. The Labute approximate surface area is 142 Å². The predicted molar refractivity (Wildman–Crippen MR) is 88.2 cm³/mol. The number of anilines is 1. The van der Waals surface area contributed by atoms with Gasteiger partial charge in [0.1, 0.15) is 0 Å². The van der Waals surface area contributed by atoms with Crippen LogP contribution in [0.2, 0.25) is 0 Å². The number of carbonyl (C=O) groups is 1. The smallest absolute Gasteiger partial charge is 0.319 e. The third kappa shape index (κ3) is 4.05. The molecule has 0 spiro atoms. The summed E-state index contributed by atoms with van der Waals surface area (Å²) in [5, 5.41) is 3.40. The van der Waals surface area contributed by atoms with E-state index in [2.05, 4.69) is 10.3 Å². The minimum absolute atomic E-state index is 0.0973. The molecule has 0 radical (unpaired) electrons. The van der Waals surface area contributed by atoms with Gasteiger partial charge in [-0.05, 0) is 39.0 Å². The number of amides is 2. The minimum Gasteiger partial charge on any atom is -0.319 e. The maximum absolute atomic E-state index is 12.7. The normalized spacial score (nSPS) is 12.8. The van der Waals surface area contributed by atoms with Crippen LogP contribution < -0.4 is 5.32 Å². The largest absolute Gasteiger partial charge is 0.416 e. The number of nitrogens with one attached hydrogen (secondary N) is 1. The van der Waals surface area contributed by atoms with Crippen LogP contribution in [0.1, 0.15) is 34.1 Å². The summed E-state index contributed by atoms with van der Waals surface area (Å²) in [7, 11) is 1.59. The molecule has 0 aliphatic rings. The van der Waals surface area contributed by atoms with Crippen LogP contribution in [-0.2, 0) is 6.18 Å². The molecule has 0 saturated heterocycles. The Hall–Kier alpha value is -2.09. The van der Waals surface area contributed by atoms with Crippen LogP contribution in [-0.4, -0.2) is 23.0 Å². The van der Waals surface area contributed by atoms with Crippen molar-refractivity contribution in [2.75, 3.05) is 12.4 Å². The Kier molecular flexibility index (Phi) is 5.17. The number of benzene rings is 1. The summed E-state index contributed by atoms with van der Waals surface area (Å²) >= 11 is 1.54. The molecule has 24 heavy (non-hydrogen) atoms. The van der Waals surface area contributed by atoms with Gasteiger partial charge in [-0.2, -0.15) is 13.2 Å². The van der Waals surface area contributed by atoms with Crippen LogP contribution in [0.5, 0.6) is 0 Å². The van der Waals surface area contributed by atoms with Crippen molar-refractivity contribution in [3.8, 4) is 0 Å². The molecule has 0 saturated carbocycles. The Balaban J connectivity index is 2.13. The SMILES string of the molecule is Cc1nc(C(C)N(C)C(=O)Nc2cccc(C(F)(F)F)c2)c(C)s1. The molecule has 4 nitrogen and oxygen atoms in total. The molecular formula is C16H18F3N3OS. The highest BCUT2D eigenvalue weighted by Gasteiger charge is 2.30. The van der Waals surface area contributed by atoms with E-state index in [1.54, 1.807) is 18.4 Å². The predicted octanol–water partition coefficient (Wildman–Crippen LogP) is 5.00. The molecule has 1 aromatic carbocycles. The van der Waals surface area contributed by atoms with E-state index in [0.29, 0.717) is 0 Å². The van der Waals surface area contributed by atoms with Gasteiger partial charge in [-0.3, -0.25) is 0 Å². The molecular weight excluding hydrogens is 339 g/mol. The van der Waals surface area contributed by atoms with E-state index in [0.717, 1.165) is 27.7 Å². The lowest BCUT2D eigenvalue weighted by Crippen LogP contribution is -2.34. The van der Waals surface area contributed by atoms with Crippen molar-refractivity contribution in [3.63, 3.8) is 0 Å². The molecule has 0 aliphatic carbocycles. The van der Waals surface area contributed by atoms with Gasteiger partial charge in [0.2, 0.25) is 0 Å². The molecule has 2 aromatic rings. The van der Waals surface area contributed by atoms with Crippen molar-refractivity contribution in [3.05, 3.63) is 45.4 Å². The summed E-state index contributed by atoms with van der Waals surface area (Å²) in [5.41, 5.74) is 0.0845. The number of alkyl halides is 3. The van der Waals surface area contributed by atoms with E-state index in [1.165, 1.54) is 17.0 Å². The molecule has 2 amide bonds. The first-order valence-electron chi connectivity index (χ1n) is 7.24. The molecule has 130 valence electrons. The molecule has 0 bridgehead atoms. The number of halogens is 3. The number of urea groups is 1. The van der Waals surface area contributed by atoms with Crippen LogP contribution in [0.15, 0.2) is 24.3 Å². The van der Waals surface area contributed by atoms with Gasteiger partial charge in [0.05, 0.1) is 22.3 Å². The Morgan fingerprint density at radius 2 is 2.00 bits per heavy atom. The molecule has 2 rings (SSSR count). The first-order chi connectivity index (χ1) is 11.1. The number of nitrogens with zero attached hydrogens (tertiary/aromatic N) is 2. The second-order valence-corrected chi connectivity index (χ2v) is 6.88. The van der Waals surface area contributed by atoms with Crippen molar-refractivity contribution < 1.29 is 18.0 Å². The second kappa shape index (κ2) is 6.80. The zero-order chi connectivity index (χ0) is 18.1. The quantitative estimate of drug-likeness (QED) is 0.840. The lowest BCUT2D eigenvalue weighted by atomic mass is 10.2. The third-order valence-corrected chi connectivity index (χ3v) is 4.58. The zero-order valence-electron chi connectivity index (χ0n) is 13.7. The van der Waals surface area contributed by atoms with E-state index < -0.39 is 17.8 Å². The summed E-state index contributed by atoms with van der Waals surface area (Å²) in [5.74, 6) is 0. The molecule has 1 aromatic heterocycles. The lowest BCUT2D eigenvalue weighted by Gasteiger charge is -2.24. The number of hydrogen-bond donors (Lipinski definition) is 1. The Bertz CT molecular complexity index is 742. The number of thiazole rings is 1. The molecule has 0 aliphatic heterocycles. The van der Waals surface area contributed by atoms with Crippen LogP contribution in [0.4, 0.5) is 23.7 Å². The van der Waals surface area contributed by atoms with Gasteiger partial charge in [-0.1, -0.05) is 6.07 Å². The summed E-state index contributed by atoms with van der Waals surface area (Å²) < 4.78 is 38.2. The van der Waals surface area contributed by atoms with Gasteiger partial charge >= 0.3 is 12.2 Å². The highest BCUT2D eigenvalue weighted by atomic mass is 32.1. The Morgan fingerprint density at radius 1 is 1.33 bits per heavy atom. The van der Waals surface area contributed by atoms with E-state index >= 15 is 0 Å². The summed E-state index contributed by atoms with van der Waals surface area (Å²) in [6.45, 7) is 5.64. The number of rotatable bonds is 3. The topological polar surface area (TPSA) is 45.2 Å². The van der Waals surface area contributed by atoms with Gasteiger partial charge in [-0.15, -0.1) is 11.3 Å². The molecule has 1 heterocycles. The monoisotopic (exact) mass is 357 g/mol. The van der Waals surface area contributed by atoms with E-state index in [1.807, 2.05) is 20.8 Å². The fourth-order valence-corrected chi connectivity index (χ4v) is 3.18. The molecule has 8 heteroatoms. The van der Waals surface area contributed by atoms with Crippen LogP contribution in [0.3, 0.4) is 0 Å². The first-order valence-corrected chi connectivity index (χ1v) is 8.06. The molecule has 1 N–H and O–H groups in total. The maximum atomic E-state index is 12.7. The average Bonchev–Trinajstić information content (AvgIpc) is 2.83. The third-order valence-electron chi connectivity index (χ3n) is 3.68. The second-order valence-electron chi connectivity index (χ2n) is 5.47.